The third-order valence-electron chi connectivity index (χ3n) is 2.27. The second kappa shape index (κ2) is 4.00. The van der Waals surface area contributed by atoms with Crippen LogP contribution in [-0.2, 0) is 6.54 Å². The number of aromatic nitrogens is 1. The maximum absolute atomic E-state index is 10.9. The van der Waals surface area contributed by atoms with Gasteiger partial charge in [-0.15, -0.1) is 0 Å². The Labute approximate surface area is 87.8 Å². The zero-order valence-electron chi connectivity index (χ0n) is 8.26. The third kappa shape index (κ3) is 2.26. The van der Waals surface area contributed by atoms with Crippen molar-refractivity contribution in [3.63, 3.8) is 0 Å². The van der Waals surface area contributed by atoms with Gasteiger partial charge in [0.1, 0.15) is 0 Å². The molecular weight excluding hydrogens is 188 g/mol. The van der Waals surface area contributed by atoms with E-state index < -0.39 is 0 Å². The van der Waals surface area contributed by atoms with Crippen molar-refractivity contribution in [2.75, 3.05) is 5.73 Å². The van der Waals surface area contributed by atoms with Gasteiger partial charge in [-0.1, -0.05) is 18.2 Å². The number of hydrogen-bond acceptors (Lipinski definition) is 2. The van der Waals surface area contributed by atoms with Gasteiger partial charge in [0, 0.05) is 36.8 Å². The van der Waals surface area contributed by atoms with Gasteiger partial charge in [-0.2, -0.15) is 0 Å². The summed E-state index contributed by atoms with van der Waals surface area (Å²) in [7, 11) is 0. The summed E-state index contributed by atoms with van der Waals surface area (Å²) in [6.45, 7) is 0.687. The average molecular weight is 200 g/mol. The first-order chi connectivity index (χ1) is 7.25. The fourth-order valence-corrected chi connectivity index (χ4v) is 1.42. The molecule has 1 heterocycles. The molecule has 15 heavy (non-hydrogen) atoms. The Morgan fingerprint density at radius 2 is 1.73 bits per heavy atom. The van der Waals surface area contributed by atoms with E-state index in [9.17, 15) is 4.79 Å². The molecule has 0 aliphatic carbocycles. The number of benzene rings is 1. The van der Waals surface area contributed by atoms with Gasteiger partial charge in [0.25, 0.3) is 0 Å². The quantitative estimate of drug-likeness (QED) is 0.746. The van der Waals surface area contributed by atoms with Crippen LogP contribution < -0.4 is 11.2 Å². The molecule has 0 unspecified atom stereocenters. The lowest BCUT2D eigenvalue weighted by molar-refractivity contribution is 0.790. The first kappa shape index (κ1) is 9.52. The molecule has 0 saturated heterocycles. The van der Waals surface area contributed by atoms with Crippen molar-refractivity contribution in [2.24, 2.45) is 0 Å². The van der Waals surface area contributed by atoms with Crippen LogP contribution in [0.2, 0.25) is 0 Å². The van der Waals surface area contributed by atoms with Crippen LogP contribution in [0.25, 0.3) is 0 Å². The van der Waals surface area contributed by atoms with Gasteiger partial charge < -0.3 is 10.3 Å². The van der Waals surface area contributed by atoms with Crippen molar-refractivity contribution in [2.45, 2.75) is 6.54 Å². The van der Waals surface area contributed by atoms with Gasteiger partial charge in [-0.25, -0.2) is 0 Å². The Bertz CT molecular complexity index is 497. The molecule has 2 aromatic rings. The number of rotatable bonds is 2. The third-order valence-corrected chi connectivity index (χ3v) is 2.27. The number of anilines is 1. The van der Waals surface area contributed by atoms with Gasteiger partial charge in [0.05, 0.1) is 0 Å². The van der Waals surface area contributed by atoms with E-state index in [1.165, 1.54) is 0 Å². The van der Waals surface area contributed by atoms with Crippen molar-refractivity contribution in [1.82, 2.24) is 4.57 Å². The molecule has 2 rings (SSSR count). The Morgan fingerprint density at radius 3 is 2.40 bits per heavy atom. The Morgan fingerprint density at radius 1 is 1.07 bits per heavy atom. The molecule has 1 aromatic heterocycles. The summed E-state index contributed by atoms with van der Waals surface area (Å²) < 4.78 is 1.92. The zero-order chi connectivity index (χ0) is 10.7. The molecule has 2 N–H and O–H groups in total. The summed E-state index contributed by atoms with van der Waals surface area (Å²) in [5, 5.41) is 0. The van der Waals surface area contributed by atoms with Gasteiger partial charge in [-0.05, 0) is 11.6 Å². The fraction of sp³-hybridized carbons (Fsp3) is 0.0833. The minimum Gasteiger partial charge on any atom is -0.398 e. The smallest absolute Gasteiger partial charge is 0.181 e. The fourth-order valence-electron chi connectivity index (χ4n) is 1.42. The number of nitrogens with two attached hydrogens (primary N) is 1. The minimum atomic E-state index is 0.0206. The summed E-state index contributed by atoms with van der Waals surface area (Å²) in [5.74, 6) is 0. The molecule has 0 fully saturated rings. The lowest BCUT2D eigenvalue weighted by Gasteiger charge is -2.07. The highest BCUT2D eigenvalue weighted by Crippen LogP contribution is 2.11. The first-order valence-electron chi connectivity index (χ1n) is 4.75. The molecule has 0 radical (unpaired) electrons. The number of hydrogen-bond donors (Lipinski definition) is 1. The molecule has 76 valence electrons. The van der Waals surface area contributed by atoms with Crippen LogP contribution in [0.5, 0.6) is 0 Å². The average Bonchev–Trinajstić information content (AvgIpc) is 2.25. The van der Waals surface area contributed by atoms with Crippen molar-refractivity contribution < 1.29 is 0 Å². The summed E-state index contributed by atoms with van der Waals surface area (Å²) >= 11 is 0. The molecule has 1 aromatic carbocycles. The summed E-state index contributed by atoms with van der Waals surface area (Å²) in [6, 6.07) is 10.8. The molecule has 3 nitrogen and oxygen atoms in total. The van der Waals surface area contributed by atoms with E-state index in [1.807, 2.05) is 28.8 Å². The highest BCUT2D eigenvalue weighted by atomic mass is 16.1. The van der Waals surface area contributed by atoms with E-state index in [0.29, 0.717) is 6.54 Å². The topological polar surface area (TPSA) is 48.0 Å². The molecule has 3 heteroatoms. The first-order valence-corrected chi connectivity index (χ1v) is 4.75. The highest BCUT2D eigenvalue weighted by Gasteiger charge is 1.97. The number of para-hydroxylation sites is 1. The lowest BCUT2D eigenvalue weighted by atomic mass is 10.2. The van der Waals surface area contributed by atoms with E-state index in [2.05, 4.69) is 0 Å². The molecule has 0 atom stereocenters. The maximum atomic E-state index is 10.9. The second-order valence-electron chi connectivity index (χ2n) is 3.40. The Kier molecular flexibility index (Phi) is 2.54. The number of nitrogen functional groups attached to an aromatic ring is 1. The Balaban J connectivity index is 2.26. The largest absolute Gasteiger partial charge is 0.398 e. The molecular formula is C12H12N2O. The summed E-state index contributed by atoms with van der Waals surface area (Å²) in [4.78, 5) is 10.9. The van der Waals surface area contributed by atoms with E-state index >= 15 is 0 Å². The van der Waals surface area contributed by atoms with Crippen LogP contribution in [0.4, 0.5) is 5.69 Å². The van der Waals surface area contributed by atoms with E-state index in [1.54, 1.807) is 24.5 Å². The number of pyridine rings is 1. The predicted molar refractivity (Wildman–Crippen MR) is 60.7 cm³/mol. The Hall–Kier alpha value is -2.03. The van der Waals surface area contributed by atoms with Crippen molar-refractivity contribution in [3.8, 4) is 0 Å². The molecule has 0 bridgehead atoms. The molecule has 0 aliphatic rings. The summed E-state index contributed by atoms with van der Waals surface area (Å²) in [5.41, 5.74) is 7.67. The predicted octanol–water partition coefficient (Wildman–Crippen LogP) is 1.48. The van der Waals surface area contributed by atoms with E-state index in [-0.39, 0.29) is 5.43 Å². The van der Waals surface area contributed by atoms with Crippen LogP contribution in [0, 0.1) is 0 Å². The molecule has 0 aliphatic heterocycles. The van der Waals surface area contributed by atoms with Crippen molar-refractivity contribution in [1.29, 1.82) is 0 Å². The van der Waals surface area contributed by atoms with Gasteiger partial charge in [0.2, 0.25) is 0 Å². The van der Waals surface area contributed by atoms with Crippen molar-refractivity contribution in [3.05, 3.63) is 64.6 Å². The molecule has 0 saturated carbocycles. The zero-order valence-corrected chi connectivity index (χ0v) is 8.26. The van der Waals surface area contributed by atoms with Crippen LogP contribution in [0.1, 0.15) is 5.56 Å². The second-order valence-corrected chi connectivity index (χ2v) is 3.40. The van der Waals surface area contributed by atoms with Crippen LogP contribution >= 0.6 is 0 Å². The normalized spacial score (nSPS) is 10.1. The van der Waals surface area contributed by atoms with Crippen LogP contribution in [0.15, 0.2) is 53.6 Å². The van der Waals surface area contributed by atoms with Gasteiger partial charge in [-0.3, -0.25) is 4.79 Å². The van der Waals surface area contributed by atoms with Crippen LogP contribution in [0.3, 0.4) is 0 Å². The summed E-state index contributed by atoms with van der Waals surface area (Å²) in [6.07, 6.45) is 3.52. The standard InChI is InChI=1S/C12H12N2O/c13-12-4-2-1-3-10(12)9-14-7-5-11(15)6-8-14/h1-8H,9,13H2. The van der Waals surface area contributed by atoms with Gasteiger partial charge >= 0.3 is 0 Å². The van der Waals surface area contributed by atoms with Gasteiger partial charge in [0.15, 0.2) is 5.43 Å². The highest BCUT2D eigenvalue weighted by molar-refractivity contribution is 5.46. The van der Waals surface area contributed by atoms with Crippen molar-refractivity contribution >= 4 is 5.69 Å². The molecule has 0 spiro atoms. The van der Waals surface area contributed by atoms with E-state index in [4.69, 9.17) is 5.73 Å². The minimum absolute atomic E-state index is 0.0206. The number of nitrogens with zero attached hydrogens (tertiary/aromatic N) is 1. The molecule has 0 amide bonds. The maximum Gasteiger partial charge on any atom is 0.181 e. The monoisotopic (exact) mass is 200 g/mol. The SMILES string of the molecule is Nc1ccccc1Cn1ccc(=O)cc1. The van der Waals surface area contributed by atoms with Crippen LogP contribution in [-0.4, -0.2) is 4.57 Å². The van der Waals surface area contributed by atoms with E-state index in [0.717, 1.165) is 11.3 Å². The lowest BCUT2D eigenvalue weighted by Crippen LogP contribution is -2.06.